The summed E-state index contributed by atoms with van der Waals surface area (Å²) in [6.07, 6.45) is 9.88. The number of aliphatic carboxylic acids is 1. The Kier molecular flexibility index (Phi) is 9.35. The molecule has 0 saturated carbocycles. The highest BCUT2D eigenvalue weighted by Crippen LogP contribution is 2.48. The molecule has 4 rings (SSSR count). The summed E-state index contributed by atoms with van der Waals surface area (Å²) in [6.45, 7) is 9.45. The monoisotopic (exact) mass is 551 g/mol. The molecule has 2 aliphatic rings. The van der Waals surface area contributed by atoms with E-state index < -0.39 is 11.9 Å². The number of unbranched alkanes of at least 4 members (excludes halogenated alkanes) is 1. The van der Waals surface area contributed by atoms with E-state index in [9.17, 15) is 14.7 Å². The molecule has 0 aliphatic carbocycles. The molecule has 1 unspecified atom stereocenters. The number of carbonyl (C=O) groups is 2. The number of amides is 1. The number of allylic oxidation sites excluding steroid dienone is 2. The van der Waals surface area contributed by atoms with Gasteiger partial charge in [-0.15, -0.1) is 0 Å². The van der Waals surface area contributed by atoms with E-state index in [1.54, 1.807) is 24.4 Å². The summed E-state index contributed by atoms with van der Waals surface area (Å²) in [4.78, 5) is 34.8. The van der Waals surface area contributed by atoms with Crippen LogP contribution < -0.4 is 19.1 Å². The number of hydrogen-bond donors (Lipinski definition) is 1. The van der Waals surface area contributed by atoms with E-state index in [-0.39, 0.29) is 36.6 Å². The largest absolute Gasteiger partial charge is 0.493 e. The van der Waals surface area contributed by atoms with Gasteiger partial charge in [0.15, 0.2) is 11.5 Å². The summed E-state index contributed by atoms with van der Waals surface area (Å²) in [5, 5.41) is 10.6. The fraction of sp³-hybridized carbons (Fsp3) is 0.516. The Morgan fingerprint density at radius 2 is 2.10 bits per heavy atom. The summed E-state index contributed by atoms with van der Waals surface area (Å²) < 4.78 is 16.8. The van der Waals surface area contributed by atoms with Crippen molar-refractivity contribution in [2.24, 2.45) is 11.3 Å². The molecular weight excluding hydrogens is 510 g/mol. The van der Waals surface area contributed by atoms with Crippen LogP contribution in [0.2, 0.25) is 0 Å². The Morgan fingerprint density at radius 1 is 1.30 bits per heavy atom. The summed E-state index contributed by atoms with van der Waals surface area (Å²) in [5.41, 5.74) is 1.28. The lowest BCUT2D eigenvalue weighted by Crippen LogP contribution is -2.45. The van der Waals surface area contributed by atoms with E-state index in [0.29, 0.717) is 36.8 Å². The number of likely N-dealkylation sites (tertiary alicyclic amines) is 1. The molecule has 1 amide bonds. The van der Waals surface area contributed by atoms with E-state index in [0.717, 1.165) is 24.1 Å². The number of carbonyl (C=O) groups excluding carboxylic acids is 1. The Bertz CT molecular complexity index is 1220. The number of pyridine rings is 1. The van der Waals surface area contributed by atoms with Crippen molar-refractivity contribution < 1.29 is 28.9 Å². The first-order chi connectivity index (χ1) is 19.2. The molecule has 9 heteroatoms. The number of carboxylic acid groups (broad SMARTS) is 1. The van der Waals surface area contributed by atoms with Gasteiger partial charge in [-0.2, -0.15) is 0 Å². The lowest BCUT2D eigenvalue weighted by Gasteiger charge is -2.34. The van der Waals surface area contributed by atoms with Crippen LogP contribution in [0, 0.1) is 11.3 Å². The molecule has 3 atom stereocenters. The summed E-state index contributed by atoms with van der Waals surface area (Å²) >= 11 is 0. The van der Waals surface area contributed by atoms with Crippen molar-refractivity contribution in [3.05, 3.63) is 54.4 Å². The van der Waals surface area contributed by atoms with Gasteiger partial charge in [-0.1, -0.05) is 39.3 Å². The van der Waals surface area contributed by atoms with Gasteiger partial charge in [0, 0.05) is 31.2 Å². The zero-order valence-electron chi connectivity index (χ0n) is 24.1. The molecule has 2 aromatic rings. The van der Waals surface area contributed by atoms with Crippen molar-refractivity contribution in [1.29, 1.82) is 0 Å². The first kappa shape index (κ1) is 29.4. The van der Waals surface area contributed by atoms with Crippen molar-refractivity contribution in [3.8, 4) is 17.2 Å². The van der Waals surface area contributed by atoms with Crippen molar-refractivity contribution in [3.63, 3.8) is 0 Å². The summed E-state index contributed by atoms with van der Waals surface area (Å²) in [7, 11) is 1.56. The first-order valence-electron chi connectivity index (χ1n) is 14.0. The average molecular weight is 552 g/mol. The highest BCUT2D eigenvalue weighted by molar-refractivity contribution is 5.94. The zero-order valence-corrected chi connectivity index (χ0v) is 24.1. The third-order valence-electron chi connectivity index (χ3n) is 7.83. The second-order valence-electron chi connectivity index (χ2n) is 11.2. The van der Waals surface area contributed by atoms with E-state index in [2.05, 4.69) is 36.7 Å². The van der Waals surface area contributed by atoms with E-state index in [4.69, 9.17) is 14.2 Å². The molecule has 1 aromatic heterocycles. The van der Waals surface area contributed by atoms with Gasteiger partial charge in [-0.05, 0) is 55.0 Å². The molecule has 9 nitrogen and oxygen atoms in total. The highest BCUT2D eigenvalue weighted by atomic mass is 16.7. The topological polar surface area (TPSA) is 101 Å². The van der Waals surface area contributed by atoms with Crippen molar-refractivity contribution in [2.45, 2.75) is 58.9 Å². The minimum Gasteiger partial charge on any atom is -0.493 e. The van der Waals surface area contributed by atoms with Crippen LogP contribution in [0.25, 0.3) is 0 Å². The Morgan fingerprint density at radius 3 is 2.75 bits per heavy atom. The van der Waals surface area contributed by atoms with Crippen LogP contribution in [-0.2, 0) is 9.59 Å². The number of anilines is 1. The maximum atomic E-state index is 13.9. The number of carboxylic acids is 1. The van der Waals surface area contributed by atoms with Gasteiger partial charge in [0.25, 0.3) is 0 Å². The molecule has 1 N–H and O–H groups in total. The second-order valence-corrected chi connectivity index (χ2v) is 11.2. The number of benzene rings is 1. The van der Waals surface area contributed by atoms with Gasteiger partial charge in [0.05, 0.1) is 31.5 Å². The third-order valence-corrected chi connectivity index (χ3v) is 7.83. The normalized spacial score (nSPS) is 20.7. The summed E-state index contributed by atoms with van der Waals surface area (Å²) in [6, 6.07) is 7.05. The zero-order chi connectivity index (χ0) is 28.9. The number of hydrogen-bond acceptors (Lipinski definition) is 7. The van der Waals surface area contributed by atoms with Crippen molar-refractivity contribution in [2.75, 3.05) is 38.4 Å². The molecule has 1 fully saturated rings. The fourth-order valence-corrected chi connectivity index (χ4v) is 5.99. The molecule has 1 saturated heterocycles. The Labute approximate surface area is 236 Å². The fourth-order valence-electron chi connectivity index (χ4n) is 5.99. The van der Waals surface area contributed by atoms with Crippen LogP contribution in [-0.4, -0.2) is 66.4 Å². The number of aromatic nitrogens is 1. The smallest absolute Gasteiger partial charge is 0.308 e. The molecule has 216 valence electrons. The Hall–Kier alpha value is -3.59. The van der Waals surface area contributed by atoms with Gasteiger partial charge >= 0.3 is 5.97 Å². The molecular formula is C31H41N3O6. The van der Waals surface area contributed by atoms with E-state index >= 15 is 0 Å². The van der Waals surface area contributed by atoms with Crippen molar-refractivity contribution in [1.82, 2.24) is 9.88 Å². The van der Waals surface area contributed by atoms with Crippen LogP contribution in [0.15, 0.2) is 48.8 Å². The predicted molar refractivity (Wildman–Crippen MR) is 153 cm³/mol. The highest BCUT2D eigenvalue weighted by Gasteiger charge is 2.49. The molecule has 0 bridgehead atoms. The van der Waals surface area contributed by atoms with Crippen LogP contribution in [0.3, 0.4) is 0 Å². The van der Waals surface area contributed by atoms with E-state index in [1.165, 1.54) is 0 Å². The quantitative estimate of drug-likeness (QED) is 0.363. The molecule has 1 aromatic carbocycles. The minimum absolute atomic E-state index is 0.0663. The summed E-state index contributed by atoms with van der Waals surface area (Å²) in [5.74, 6) is -0.473. The van der Waals surface area contributed by atoms with E-state index in [1.807, 2.05) is 37.3 Å². The standard InChI is InChI=1S/C31H41N3O6/c1-6-8-13-34(22-10-9-12-32-17-22)27(35)19-33-18-23(21-14-25(38-5)29-26(15-21)39-20-40-29)28(30(36)37)24(33)16-31(3,4)11-7-2/h7,9-12,14-15,17,23-24,28H,6,8,13,16,18-20H2,1-5H3,(H,36,37)/t23-,24+,28?/m1/s1. The first-order valence-corrected chi connectivity index (χ1v) is 14.0. The Balaban J connectivity index is 1.71. The number of fused-ring (bicyclic) bond motifs is 1. The van der Waals surface area contributed by atoms with Crippen LogP contribution in [0.5, 0.6) is 17.2 Å². The SMILES string of the molecule is CC=CC(C)(C)C[C@H]1C(C(=O)O)[C@@H](c2cc(OC)c3c(c2)OCO3)CN1CC(=O)N(CCCC)c1cccnc1. The molecule has 0 spiro atoms. The van der Waals surface area contributed by atoms with Gasteiger partial charge in [0.2, 0.25) is 18.4 Å². The van der Waals surface area contributed by atoms with Gasteiger partial charge in [-0.3, -0.25) is 19.5 Å². The molecule has 3 heterocycles. The van der Waals surface area contributed by atoms with Gasteiger partial charge in [-0.25, -0.2) is 0 Å². The molecule has 40 heavy (non-hydrogen) atoms. The van der Waals surface area contributed by atoms with Crippen LogP contribution in [0.4, 0.5) is 5.69 Å². The lowest BCUT2D eigenvalue weighted by atomic mass is 9.77. The lowest BCUT2D eigenvalue weighted by molar-refractivity contribution is -0.143. The van der Waals surface area contributed by atoms with Gasteiger partial charge in [0.1, 0.15) is 0 Å². The molecule has 2 aliphatic heterocycles. The number of ether oxygens (including phenoxy) is 3. The maximum absolute atomic E-state index is 13.9. The van der Waals surface area contributed by atoms with Crippen molar-refractivity contribution >= 4 is 17.6 Å². The van der Waals surface area contributed by atoms with Crippen LogP contribution >= 0.6 is 0 Å². The second kappa shape index (κ2) is 12.7. The maximum Gasteiger partial charge on any atom is 0.308 e. The minimum atomic E-state index is -0.882. The predicted octanol–water partition coefficient (Wildman–Crippen LogP) is 5.11. The molecule has 0 radical (unpaired) electrons. The number of rotatable bonds is 12. The van der Waals surface area contributed by atoms with Crippen LogP contribution in [0.1, 0.15) is 58.4 Å². The van der Waals surface area contributed by atoms with Gasteiger partial charge < -0.3 is 24.2 Å². The number of methoxy groups -OCH3 is 1. The average Bonchev–Trinajstić information content (AvgIpc) is 3.53. The number of nitrogens with zero attached hydrogens (tertiary/aromatic N) is 3. The third kappa shape index (κ3) is 6.41.